The number of pyridine rings is 2. The standard InChI is InChI=1S/C18H23N5O/c1-10(2)23-17-14(19)9-15(21-16(17)12(5)22-23)13-7-6-8-20-18(13)24-11(3)4/h6-11H,1-5H3,(H2,19,21). The predicted octanol–water partition coefficient (Wildman–Crippen LogP) is 3.75. The largest absolute Gasteiger partial charge is 0.474 e. The molecule has 0 saturated heterocycles. The van der Waals surface area contributed by atoms with Gasteiger partial charge in [0.1, 0.15) is 11.0 Å². The van der Waals surface area contributed by atoms with Crippen molar-refractivity contribution in [1.82, 2.24) is 19.7 Å². The lowest BCUT2D eigenvalue weighted by Gasteiger charge is -2.13. The number of aromatic nitrogens is 4. The van der Waals surface area contributed by atoms with Crippen LogP contribution in [0.5, 0.6) is 5.88 Å². The maximum Gasteiger partial charge on any atom is 0.223 e. The summed E-state index contributed by atoms with van der Waals surface area (Å²) in [4.78, 5) is 9.13. The van der Waals surface area contributed by atoms with Gasteiger partial charge in [0.2, 0.25) is 5.88 Å². The molecule has 0 saturated carbocycles. The first-order valence-corrected chi connectivity index (χ1v) is 8.16. The molecule has 3 heterocycles. The van der Waals surface area contributed by atoms with E-state index in [1.54, 1.807) is 6.20 Å². The number of hydrogen-bond donors (Lipinski definition) is 1. The zero-order chi connectivity index (χ0) is 17.4. The second-order valence-corrected chi connectivity index (χ2v) is 6.44. The average Bonchev–Trinajstić information content (AvgIpc) is 2.85. The SMILES string of the molecule is Cc1nn(C(C)C)c2c(N)cc(-c3cccnc3OC(C)C)nc12. The Morgan fingerprint density at radius 1 is 1.21 bits per heavy atom. The molecule has 0 radical (unpaired) electrons. The van der Waals surface area contributed by atoms with Gasteiger partial charge in [-0.2, -0.15) is 5.10 Å². The van der Waals surface area contributed by atoms with Gasteiger partial charge in [0.25, 0.3) is 0 Å². The van der Waals surface area contributed by atoms with Gasteiger partial charge in [-0.15, -0.1) is 0 Å². The molecular weight excluding hydrogens is 302 g/mol. The van der Waals surface area contributed by atoms with Crippen LogP contribution in [0.15, 0.2) is 24.4 Å². The van der Waals surface area contributed by atoms with E-state index in [1.165, 1.54) is 0 Å². The molecular formula is C18H23N5O. The van der Waals surface area contributed by atoms with Crippen LogP contribution >= 0.6 is 0 Å². The van der Waals surface area contributed by atoms with Crippen molar-refractivity contribution in [3.05, 3.63) is 30.1 Å². The fourth-order valence-corrected chi connectivity index (χ4v) is 2.72. The Morgan fingerprint density at radius 3 is 2.62 bits per heavy atom. The van der Waals surface area contributed by atoms with Crippen LogP contribution in [0.3, 0.4) is 0 Å². The summed E-state index contributed by atoms with van der Waals surface area (Å²) in [6.07, 6.45) is 1.75. The molecule has 3 rings (SSSR count). The maximum absolute atomic E-state index is 6.34. The summed E-state index contributed by atoms with van der Waals surface area (Å²) in [7, 11) is 0. The lowest BCUT2D eigenvalue weighted by atomic mass is 10.1. The molecule has 0 unspecified atom stereocenters. The first kappa shape index (κ1) is 16.2. The smallest absolute Gasteiger partial charge is 0.223 e. The van der Waals surface area contributed by atoms with E-state index in [4.69, 9.17) is 15.5 Å². The molecule has 126 valence electrons. The Hall–Kier alpha value is -2.63. The number of aryl methyl sites for hydroxylation is 1. The van der Waals surface area contributed by atoms with Gasteiger partial charge in [-0.1, -0.05) is 0 Å². The van der Waals surface area contributed by atoms with E-state index in [9.17, 15) is 0 Å². The van der Waals surface area contributed by atoms with Crippen LogP contribution in [-0.2, 0) is 0 Å². The average molecular weight is 325 g/mol. The zero-order valence-corrected chi connectivity index (χ0v) is 14.7. The summed E-state index contributed by atoms with van der Waals surface area (Å²) >= 11 is 0. The fourth-order valence-electron chi connectivity index (χ4n) is 2.72. The van der Waals surface area contributed by atoms with Crippen molar-refractivity contribution < 1.29 is 4.74 Å². The highest BCUT2D eigenvalue weighted by Gasteiger charge is 2.18. The Morgan fingerprint density at radius 2 is 1.96 bits per heavy atom. The first-order chi connectivity index (χ1) is 11.4. The molecule has 0 aliphatic rings. The zero-order valence-electron chi connectivity index (χ0n) is 14.7. The van der Waals surface area contributed by atoms with Crippen LogP contribution in [0.2, 0.25) is 0 Å². The lowest BCUT2D eigenvalue weighted by Crippen LogP contribution is -2.08. The predicted molar refractivity (Wildman–Crippen MR) is 96.1 cm³/mol. The Bertz CT molecular complexity index is 882. The topological polar surface area (TPSA) is 78.9 Å². The number of anilines is 1. The van der Waals surface area contributed by atoms with Crippen molar-refractivity contribution >= 4 is 16.7 Å². The van der Waals surface area contributed by atoms with E-state index in [0.717, 1.165) is 28.0 Å². The van der Waals surface area contributed by atoms with Crippen molar-refractivity contribution in [2.24, 2.45) is 0 Å². The van der Waals surface area contributed by atoms with Crippen molar-refractivity contribution in [2.75, 3.05) is 5.73 Å². The monoisotopic (exact) mass is 325 g/mol. The normalized spacial score (nSPS) is 11.6. The molecule has 0 spiro atoms. The van der Waals surface area contributed by atoms with Crippen molar-refractivity contribution in [1.29, 1.82) is 0 Å². The molecule has 0 bridgehead atoms. The summed E-state index contributed by atoms with van der Waals surface area (Å²) in [6, 6.07) is 5.90. The van der Waals surface area contributed by atoms with Gasteiger partial charge in [-0.3, -0.25) is 4.68 Å². The summed E-state index contributed by atoms with van der Waals surface area (Å²) in [5.74, 6) is 0.563. The van der Waals surface area contributed by atoms with Crippen molar-refractivity contribution in [3.63, 3.8) is 0 Å². The Labute approximate surface area is 141 Å². The van der Waals surface area contributed by atoms with Crippen molar-refractivity contribution in [2.45, 2.75) is 46.8 Å². The minimum atomic E-state index is 0.0326. The molecule has 2 N–H and O–H groups in total. The van der Waals surface area contributed by atoms with Crippen LogP contribution in [0.4, 0.5) is 5.69 Å². The van der Waals surface area contributed by atoms with Gasteiger partial charge in [0.15, 0.2) is 0 Å². The number of hydrogen-bond acceptors (Lipinski definition) is 5. The summed E-state index contributed by atoms with van der Waals surface area (Å²) in [5, 5.41) is 4.58. The minimum Gasteiger partial charge on any atom is -0.474 e. The quantitative estimate of drug-likeness (QED) is 0.790. The second-order valence-electron chi connectivity index (χ2n) is 6.44. The molecule has 3 aromatic rings. The number of ether oxygens (including phenoxy) is 1. The van der Waals surface area contributed by atoms with Gasteiger partial charge < -0.3 is 10.5 Å². The highest BCUT2D eigenvalue weighted by atomic mass is 16.5. The van der Waals surface area contributed by atoms with E-state index in [0.29, 0.717) is 11.6 Å². The molecule has 0 atom stereocenters. The number of nitrogens with zero attached hydrogens (tertiary/aromatic N) is 4. The van der Waals surface area contributed by atoms with Gasteiger partial charge in [-0.05, 0) is 52.8 Å². The van der Waals surface area contributed by atoms with Crippen LogP contribution < -0.4 is 10.5 Å². The summed E-state index contributed by atoms with van der Waals surface area (Å²) < 4.78 is 7.73. The van der Waals surface area contributed by atoms with Gasteiger partial charge in [-0.25, -0.2) is 9.97 Å². The summed E-state index contributed by atoms with van der Waals surface area (Å²) in [5.41, 5.74) is 11.1. The van der Waals surface area contributed by atoms with Crippen LogP contribution in [0.1, 0.15) is 39.4 Å². The molecule has 0 aliphatic heterocycles. The number of fused-ring (bicyclic) bond motifs is 1. The molecule has 0 fully saturated rings. The highest BCUT2D eigenvalue weighted by Crippen LogP contribution is 2.33. The highest BCUT2D eigenvalue weighted by molar-refractivity contribution is 5.91. The first-order valence-electron chi connectivity index (χ1n) is 8.16. The van der Waals surface area contributed by atoms with Crippen LogP contribution in [-0.4, -0.2) is 25.9 Å². The molecule has 0 amide bonds. The number of rotatable bonds is 4. The second kappa shape index (κ2) is 6.11. The summed E-state index contributed by atoms with van der Waals surface area (Å²) in [6.45, 7) is 10.1. The van der Waals surface area contributed by atoms with Crippen molar-refractivity contribution in [3.8, 4) is 17.1 Å². The maximum atomic E-state index is 6.34. The molecule has 3 aromatic heterocycles. The lowest BCUT2D eigenvalue weighted by molar-refractivity contribution is 0.234. The number of nitrogens with two attached hydrogens (primary N) is 1. The van der Waals surface area contributed by atoms with Crippen LogP contribution in [0, 0.1) is 6.92 Å². The third-order valence-electron chi connectivity index (χ3n) is 3.74. The van der Waals surface area contributed by atoms with E-state index in [1.807, 2.05) is 43.7 Å². The molecule has 6 nitrogen and oxygen atoms in total. The minimum absolute atomic E-state index is 0.0326. The molecule has 24 heavy (non-hydrogen) atoms. The third-order valence-corrected chi connectivity index (χ3v) is 3.74. The van der Waals surface area contributed by atoms with E-state index < -0.39 is 0 Å². The fraction of sp³-hybridized carbons (Fsp3) is 0.389. The van der Waals surface area contributed by atoms with E-state index in [-0.39, 0.29) is 12.1 Å². The van der Waals surface area contributed by atoms with Gasteiger partial charge in [0.05, 0.1) is 28.7 Å². The Kier molecular flexibility index (Phi) is 4.13. The third kappa shape index (κ3) is 2.79. The Balaban J connectivity index is 2.21. The molecule has 0 aliphatic carbocycles. The van der Waals surface area contributed by atoms with Gasteiger partial charge >= 0.3 is 0 Å². The molecule has 0 aromatic carbocycles. The van der Waals surface area contributed by atoms with E-state index >= 15 is 0 Å². The molecule has 6 heteroatoms. The van der Waals surface area contributed by atoms with Crippen LogP contribution in [0.25, 0.3) is 22.3 Å². The number of nitrogen functional groups attached to an aromatic ring is 1. The van der Waals surface area contributed by atoms with E-state index in [2.05, 4.69) is 23.9 Å². The van der Waals surface area contributed by atoms with Gasteiger partial charge in [0, 0.05) is 12.2 Å².